The highest BCUT2D eigenvalue weighted by atomic mass is 32.2. The van der Waals surface area contributed by atoms with E-state index in [0.29, 0.717) is 12.2 Å². The standard InChI is InChI=1S/C9H10N2OS2/c1-13-6-8(12)4-7-5-11-2-3-14-9(11)10-7/h2-3,5H,4,6H2,1H3. The number of nitrogens with zero attached hydrogens (tertiary/aromatic N) is 2. The van der Waals surface area contributed by atoms with Crippen LogP contribution in [0.1, 0.15) is 5.69 Å². The van der Waals surface area contributed by atoms with Gasteiger partial charge in [0.15, 0.2) is 4.96 Å². The first kappa shape index (κ1) is 9.73. The molecule has 14 heavy (non-hydrogen) atoms. The summed E-state index contributed by atoms with van der Waals surface area (Å²) in [6, 6.07) is 0. The number of Topliss-reactive ketones (excluding diaryl/α,β-unsaturated/α-hetero) is 1. The van der Waals surface area contributed by atoms with Crippen LogP contribution in [0.5, 0.6) is 0 Å². The smallest absolute Gasteiger partial charge is 0.193 e. The van der Waals surface area contributed by atoms with Crippen LogP contribution in [0.3, 0.4) is 0 Å². The lowest BCUT2D eigenvalue weighted by molar-refractivity contribution is -0.116. The molecule has 0 atom stereocenters. The van der Waals surface area contributed by atoms with Crippen molar-refractivity contribution in [2.24, 2.45) is 0 Å². The van der Waals surface area contributed by atoms with Crippen molar-refractivity contribution in [2.75, 3.05) is 12.0 Å². The molecule has 3 nitrogen and oxygen atoms in total. The van der Waals surface area contributed by atoms with Gasteiger partial charge in [-0.1, -0.05) is 0 Å². The third kappa shape index (κ3) is 1.99. The van der Waals surface area contributed by atoms with E-state index in [4.69, 9.17) is 0 Å². The largest absolute Gasteiger partial charge is 0.298 e. The monoisotopic (exact) mass is 226 g/mol. The van der Waals surface area contributed by atoms with E-state index >= 15 is 0 Å². The number of thiazole rings is 1. The molecule has 0 aliphatic heterocycles. The second-order valence-corrected chi connectivity index (χ2v) is 4.71. The number of rotatable bonds is 4. The van der Waals surface area contributed by atoms with Crippen LogP contribution in [-0.4, -0.2) is 27.2 Å². The fourth-order valence-electron chi connectivity index (χ4n) is 1.28. The summed E-state index contributed by atoms with van der Waals surface area (Å²) in [6.45, 7) is 0. The molecule has 0 spiro atoms. The second kappa shape index (κ2) is 4.14. The molecule has 0 saturated carbocycles. The molecule has 74 valence electrons. The highest BCUT2D eigenvalue weighted by Crippen LogP contribution is 2.12. The Balaban J connectivity index is 2.11. The van der Waals surface area contributed by atoms with Gasteiger partial charge in [-0.05, 0) is 6.26 Å². The average molecular weight is 226 g/mol. The number of hydrogen-bond donors (Lipinski definition) is 0. The first-order valence-electron chi connectivity index (χ1n) is 4.21. The van der Waals surface area contributed by atoms with E-state index in [2.05, 4.69) is 4.98 Å². The molecule has 0 fully saturated rings. The first-order chi connectivity index (χ1) is 6.79. The van der Waals surface area contributed by atoms with Crippen LogP contribution in [-0.2, 0) is 11.2 Å². The molecule has 2 rings (SSSR count). The average Bonchev–Trinajstić information content (AvgIpc) is 2.63. The lowest BCUT2D eigenvalue weighted by Crippen LogP contribution is -2.05. The van der Waals surface area contributed by atoms with Crippen LogP contribution in [0.25, 0.3) is 4.96 Å². The van der Waals surface area contributed by atoms with Crippen molar-refractivity contribution in [3.8, 4) is 0 Å². The molecule has 0 saturated heterocycles. The van der Waals surface area contributed by atoms with Crippen molar-refractivity contribution in [3.05, 3.63) is 23.5 Å². The Morgan fingerprint density at radius 2 is 2.57 bits per heavy atom. The summed E-state index contributed by atoms with van der Waals surface area (Å²) in [7, 11) is 0. The van der Waals surface area contributed by atoms with Crippen molar-refractivity contribution < 1.29 is 4.79 Å². The minimum absolute atomic E-state index is 0.239. The molecule has 5 heteroatoms. The molecule has 0 aromatic carbocycles. The Kier molecular flexibility index (Phi) is 2.88. The topological polar surface area (TPSA) is 34.4 Å². The third-order valence-corrected chi connectivity index (χ3v) is 3.21. The van der Waals surface area contributed by atoms with Gasteiger partial charge in [0, 0.05) is 17.8 Å². The molecular formula is C9H10N2OS2. The number of ketones is 1. The predicted octanol–water partition coefficient (Wildman–Crippen LogP) is 1.87. The van der Waals surface area contributed by atoms with Crippen molar-refractivity contribution in [2.45, 2.75) is 6.42 Å². The highest BCUT2D eigenvalue weighted by molar-refractivity contribution is 7.99. The summed E-state index contributed by atoms with van der Waals surface area (Å²) >= 11 is 3.14. The minimum Gasteiger partial charge on any atom is -0.298 e. The van der Waals surface area contributed by atoms with Gasteiger partial charge in [-0.2, -0.15) is 11.8 Å². The maximum Gasteiger partial charge on any atom is 0.193 e. The van der Waals surface area contributed by atoms with Crippen molar-refractivity contribution in [1.82, 2.24) is 9.38 Å². The molecule has 0 amide bonds. The van der Waals surface area contributed by atoms with Crippen LogP contribution in [0.15, 0.2) is 17.8 Å². The molecular weight excluding hydrogens is 216 g/mol. The van der Waals surface area contributed by atoms with E-state index in [0.717, 1.165) is 10.7 Å². The third-order valence-electron chi connectivity index (χ3n) is 1.83. The van der Waals surface area contributed by atoms with Crippen LogP contribution in [0.4, 0.5) is 0 Å². The SMILES string of the molecule is CSCC(=O)Cc1cn2ccsc2n1. The number of aromatic nitrogens is 2. The van der Waals surface area contributed by atoms with Crippen LogP contribution in [0.2, 0.25) is 0 Å². The van der Waals surface area contributed by atoms with Gasteiger partial charge in [0.05, 0.1) is 17.9 Å². The van der Waals surface area contributed by atoms with Crippen molar-refractivity contribution in [3.63, 3.8) is 0 Å². The zero-order chi connectivity index (χ0) is 9.97. The van der Waals surface area contributed by atoms with E-state index in [1.807, 2.05) is 28.4 Å². The second-order valence-electron chi connectivity index (χ2n) is 2.97. The molecule has 0 unspecified atom stereocenters. The number of carbonyl (C=O) groups excluding carboxylic acids is 1. The van der Waals surface area contributed by atoms with Gasteiger partial charge in [-0.3, -0.25) is 9.20 Å². The Morgan fingerprint density at radius 3 is 3.29 bits per heavy atom. The number of thioether (sulfide) groups is 1. The fourth-order valence-corrected chi connectivity index (χ4v) is 2.42. The van der Waals surface area contributed by atoms with Gasteiger partial charge in [-0.15, -0.1) is 11.3 Å². The molecule has 0 aliphatic rings. The molecule has 2 aromatic heterocycles. The Hall–Kier alpha value is -0.810. The Morgan fingerprint density at radius 1 is 1.71 bits per heavy atom. The quantitative estimate of drug-likeness (QED) is 0.798. The molecule has 0 bridgehead atoms. The highest BCUT2D eigenvalue weighted by Gasteiger charge is 2.07. The van der Waals surface area contributed by atoms with Crippen LogP contribution in [0, 0.1) is 0 Å². The molecule has 0 aliphatic carbocycles. The van der Waals surface area contributed by atoms with Crippen LogP contribution < -0.4 is 0 Å². The molecule has 2 heterocycles. The minimum atomic E-state index is 0.239. The van der Waals surface area contributed by atoms with Crippen LogP contribution >= 0.6 is 23.1 Å². The van der Waals surface area contributed by atoms with Crippen molar-refractivity contribution in [1.29, 1.82) is 0 Å². The van der Waals surface area contributed by atoms with Gasteiger partial charge in [-0.25, -0.2) is 4.98 Å². The van der Waals surface area contributed by atoms with E-state index < -0.39 is 0 Å². The first-order valence-corrected chi connectivity index (χ1v) is 6.48. The van der Waals surface area contributed by atoms with E-state index in [9.17, 15) is 4.79 Å². The predicted molar refractivity (Wildman–Crippen MR) is 60.2 cm³/mol. The zero-order valence-corrected chi connectivity index (χ0v) is 9.40. The summed E-state index contributed by atoms with van der Waals surface area (Å²) in [5.41, 5.74) is 0.871. The lowest BCUT2D eigenvalue weighted by atomic mass is 10.2. The van der Waals surface area contributed by atoms with Crippen molar-refractivity contribution >= 4 is 33.8 Å². The molecule has 2 aromatic rings. The van der Waals surface area contributed by atoms with E-state index in [1.54, 1.807) is 23.1 Å². The maximum atomic E-state index is 11.3. The van der Waals surface area contributed by atoms with E-state index in [1.165, 1.54) is 0 Å². The summed E-state index contributed by atoms with van der Waals surface area (Å²) in [5, 5.41) is 1.98. The zero-order valence-electron chi connectivity index (χ0n) is 7.77. The molecule has 0 radical (unpaired) electrons. The normalized spacial score (nSPS) is 10.9. The summed E-state index contributed by atoms with van der Waals surface area (Å²) in [6.07, 6.45) is 6.26. The Bertz CT molecular complexity index is 418. The van der Waals surface area contributed by atoms with Gasteiger partial charge in [0.25, 0.3) is 0 Å². The summed E-state index contributed by atoms with van der Waals surface area (Å²) in [5.74, 6) is 0.814. The van der Waals surface area contributed by atoms with Gasteiger partial charge >= 0.3 is 0 Å². The Labute approximate surface area is 90.2 Å². The fraction of sp³-hybridized carbons (Fsp3) is 0.333. The number of imidazole rings is 1. The lowest BCUT2D eigenvalue weighted by Gasteiger charge is -1.93. The number of hydrogen-bond acceptors (Lipinski definition) is 4. The summed E-state index contributed by atoms with van der Waals surface area (Å²) < 4.78 is 1.95. The number of fused-ring (bicyclic) bond motifs is 1. The summed E-state index contributed by atoms with van der Waals surface area (Å²) in [4.78, 5) is 16.6. The van der Waals surface area contributed by atoms with Gasteiger partial charge in [0.2, 0.25) is 0 Å². The number of carbonyl (C=O) groups is 1. The van der Waals surface area contributed by atoms with Gasteiger partial charge < -0.3 is 0 Å². The maximum absolute atomic E-state index is 11.3. The van der Waals surface area contributed by atoms with Gasteiger partial charge in [0.1, 0.15) is 5.78 Å². The van der Waals surface area contributed by atoms with E-state index in [-0.39, 0.29) is 5.78 Å². The molecule has 0 N–H and O–H groups in total.